The zero-order valence-electron chi connectivity index (χ0n) is 26.8. The Balaban J connectivity index is 1.21. The van der Waals surface area contributed by atoms with Gasteiger partial charge in [0.2, 0.25) is 0 Å². The third-order valence-electron chi connectivity index (χ3n) is 8.67. The summed E-state index contributed by atoms with van der Waals surface area (Å²) in [5.74, 6) is 5.62. The molecule has 0 unspecified atom stereocenters. The first kappa shape index (κ1) is 31.0. The molecule has 0 bridgehead atoms. The van der Waals surface area contributed by atoms with Crippen molar-refractivity contribution in [1.82, 2.24) is 0 Å². The number of aryl methyl sites for hydroxylation is 3. The van der Waals surface area contributed by atoms with Gasteiger partial charge in [-0.05, 0) is 124 Å². The summed E-state index contributed by atoms with van der Waals surface area (Å²) in [7, 11) is 0. The maximum Gasteiger partial charge on any atom is 0.139 e. The van der Waals surface area contributed by atoms with Gasteiger partial charge in [-0.3, -0.25) is 0 Å². The Morgan fingerprint density at radius 2 is 1.09 bits per heavy atom. The van der Waals surface area contributed by atoms with Gasteiger partial charge in [0.05, 0.1) is 5.56 Å². The lowest BCUT2D eigenvalue weighted by Gasteiger charge is -2.11. The Bertz CT molecular complexity index is 2030. The number of rotatable bonds is 8. The highest BCUT2D eigenvalue weighted by molar-refractivity contribution is 5.91. The van der Waals surface area contributed by atoms with Gasteiger partial charge in [0, 0.05) is 11.1 Å². The van der Waals surface area contributed by atoms with E-state index < -0.39 is 0 Å². The number of hydrogen-bond acceptors (Lipinski definition) is 0. The summed E-state index contributed by atoms with van der Waals surface area (Å²) >= 11 is 0. The maximum absolute atomic E-state index is 15.4. The number of halogens is 2. The van der Waals surface area contributed by atoms with Crippen molar-refractivity contribution in [3.05, 3.63) is 155 Å². The molecule has 0 fully saturated rings. The summed E-state index contributed by atoms with van der Waals surface area (Å²) in [6.07, 6.45) is 5.55. The highest BCUT2D eigenvalue weighted by atomic mass is 19.1. The second-order valence-corrected chi connectivity index (χ2v) is 12.1. The molecular weight excluding hydrogens is 566 g/mol. The van der Waals surface area contributed by atoms with Crippen LogP contribution in [0.2, 0.25) is 0 Å². The Morgan fingerprint density at radius 3 is 1.76 bits per heavy atom. The van der Waals surface area contributed by atoms with Crippen LogP contribution in [0.1, 0.15) is 60.9 Å². The van der Waals surface area contributed by atoms with Crippen LogP contribution in [0.5, 0.6) is 0 Å². The normalized spacial score (nSPS) is 11.0. The Labute approximate surface area is 271 Å². The minimum absolute atomic E-state index is 0.246. The first-order valence-electron chi connectivity index (χ1n) is 16.3. The van der Waals surface area contributed by atoms with Gasteiger partial charge < -0.3 is 0 Å². The van der Waals surface area contributed by atoms with Gasteiger partial charge in [-0.2, -0.15) is 0 Å². The third kappa shape index (κ3) is 6.95. The summed E-state index contributed by atoms with van der Waals surface area (Å²) in [6.45, 7) is 6.26. The van der Waals surface area contributed by atoms with Gasteiger partial charge in [0.1, 0.15) is 11.6 Å². The van der Waals surface area contributed by atoms with Crippen molar-refractivity contribution >= 4 is 10.8 Å². The quantitative estimate of drug-likeness (QED) is 0.152. The van der Waals surface area contributed by atoms with Crippen molar-refractivity contribution in [2.24, 2.45) is 0 Å². The Hall–Kier alpha value is -5.00. The van der Waals surface area contributed by atoms with Crippen molar-refractivity contribution in [3.8, 4) is 45.2 Å². The van der Waals surface area contributed by atoms with E-state index in [1.165, 1.54) is 24.0 Å². The summed E-state index contributed by atoms with van der Waals surface area (Å²) in [4.78, 5) is 0. The molecule has 228 valence electrons. The molecule has 0 aliphatic carbocycles. The van der Waals surface area contributed by atoms with E-state index in [9.17, 15) is 0 Å². The van der Waals surface area contributed by atoms with E-state index >= 15 is 8.78 Å². The van der Waals surface area contributed by atoms with Crippen LogP contribution < -0.4 is 0 Å². The van der Waals surface area contributed by atoms with Gasteiger partial charge in [0.25, 0.3) is 0 Å². The van der Waals surface area contributed by atoms with E-state index in [1.54, 1.807) is 12.1 Å². The van der Waals surface area contributed by atoms with Crippen molar-refractivity contribution in [2.45, 2.75) is 52.9 Å². The second-order valence-electron chi connectivity index (χ2n) is 12.1. The molecule has 6 aromatic rings. The molecule has 0 nitrogen and oxygen atoms in total. The fourth-order valence-electron chi connectivity index (χ4n) is 6.01. The first-order valence-corrected chi connectivity index (χ1v) is 16.3. The number of benzene rings is 6. The molecule has 0 aromatic heterocycles. The standard InChI is InChI=1S/C44H38F2/c1-4-6-8-32-9-11-33(12-10-32)15-23-41-30(3)25-40(29-43(41)45)37-19-18-36-27-39(21-20-35(36)26-37)42-24-22-38(28-44(42)46)34-16-13-31(7-5-2)14-17-34/h9-14,16-22,24-29H,4-8H2,1-3H3. The highest BCUT2D eigenvalue weighted by Crippen LogP contribution is 2.33. The third-order valence-corrected chi connectivity index (χ3v) is 8.67. The molecule has 0 aliphatic rings. The predicted molar refractivity (Wildman–Crippen MR) is 190 cm³/mol. The molecule has 46 heavy (non-hydrogen) atoms. The number of hydrogen-bond donors (Lipinski definition) is 0. The fraction of sp³-hybridized carbons (Fsp3) is 0.182. The molecule has 0 aliphatic heterocycles. The highest BCUT2D eigenvalue weighted by Gasteiger charge is 2.11. The molecule has 0 heterocycles. The Kier molecular flexibility index (Phi) is 9.41. The summed E-state index contributed by atoms with van der Waals surface area (Å²) in [6, 6.07) is 37.7. The topological polar surface area (TPSA) is 0 Å². The fourth-order valence-corrected chi connectivity index (χ4v) is 6.01. The maximum atomic E-state index is 15.4. The minimum Gasteiger partial charge on any atom is -0.206 e. The van der Waals surface area contributed by atoms with Crippen molar-refractivity contribution in [2.75, 3.05) is 0 Å². The lowest BCUT2D eigenvalue weighted by molar-refractivity contribution is 0.623. The average Bonchev–Trinajstić information content (AvgIpc) is 3.07. The van der Waals surface area contributed by atoms with E-state index in [1.807, 2.05) is 67.6 Å². The SMILES string of the molecule is CCCCc1ccc(C#Cc2c(C)cc(-c3ccc4cc(-c5ccc(-c6ccc(CCC)cc6)cc5F)ccc4c3)cc2F)cc1. The Morgan fingerprint density at radius 1 is 0.500 bits per heavy atom. The van der Waals surface area contributed by atoms with Crippen molar-refractivity contribution in [1.29, 1.82) is 0 Å². The lowest BCUT2D eigenvalue weighted by Crippen LogP contribution is -1.92. The van der Waals surface area contributed by atoms with Crippen molar-refractivity contribution in [3.63, 3.8) is 0 Å². The van der Waals surface area contributed by atoms with Crippen LogP contribution in [-0.2, 0) is 12.8 Å². The largest absolute Gasteiger partial charge is 0.206 e. The van der Waals surface area contributed by atoms with Crippen LogP contribution in [0.4, 0.5) is 8.78 Å². The summed E-state index contributed by atoms with van der Waals surface area (Å²) < 4.78 is 30.7. The monoisotopic (exact) mass is 604 g/mol. The lowest BCUT2D eigenvalue weighted by atomic mass is 9.94. The summed E-state index contributed by atoms with van der Waals surface area (Å²) in [5, 5.41) is 2.01. The van der Waals surface area contributed by atoms with E-state index in [-0.39, 0.29) is 11.6 Å². The van der Waals surface area contributed by atoms with Gasteiger partial charge in [-0.25, -0.2) is 8.78 Å². The molecule has 0 spiro atoms. The average molecular weight is 605 g/mol. The van der Waals surface area contributed by atoms with Crippen LogP contribution >= 0.6 is 0 Å². The van der Waals surface area contributed by atoms with Crippen molar-refractivity contribution < 1.29 is 8.78 Å². The van der Waals surface area contributed by atoms with Gasteiger partial charge in [0.15, 0.2) is 0 Å². The van der Waals surface area contributed by atoms with E-state index in [0.717, 1.165) is 69.0 Å². The molecule has 6 rings (SSSR count). The molecule has 2 heteroatoms. The van der Waals surface area contributed by atoms with Crippen LogP contribution in [0.3, 0.4) is 0 Å². The molecule has 0 amide bonds. The van der Waals surface area contributed by atoms with Gasteiger partial charge in [-0.1, -0.05) is 111 Å². The first-order chi connectivity index (χ1) is 22.4. The van der Waals surface area contributed by atoms with Crippen LogP contribution in [-0.4, -0.2) is 0 Å². The van der Waals surface area contributed by atoms with Gasteiger partial charge >= 0.3 is 0 Å². The van der Waals surface area contributed by atoms with Crippen LogP contribution in [0.25, 0.3) is 44.2 Å². The van der Waals surface area contributed by atoms with Crippen LogP contribution in [0.15, 0.2) is 115 Å². The molecular formula is C44H38F2. The minimum atomic E-state index is -0.326. The zero-order valence-corrected chi connectivity index (χ0v) is 26.8. The predicted octanol–water partition coefficient (Wildman–Crippen LogP) is 12.1. The van der Waals surface area contributed by atoms with Gasteiger partial charge in [-0.15, -0.1) is 0 Å². The number of fused-ring (bicyclic) bond motifs is 1. The smallest absolute Gasteiger partial charge is 0.139 e. The molecule has 6 aromatic carbocycles. The zero-order chi connectivity index (χ0) is 32.0. The molecule has 0 saturated heterocycles. The second kappa shape index (κ2) is 14.0. The summed E-state index contributed by atoms with van der Waals surface area (Å²) in [5.41, 5.74) is 9.69. The van der Waals surface area contributed by atoms with Crippen LogP contribution in [0, 0.1) is 30.4 Å². The molecule has 0 radical (unpaired) electrons. The molecule has 0 atom stereocenters. The van der Waals surface area contributed by atoms with E-state index in [0.29, 0.717) is 11.1 Å². The molecule has 0 N–H and O–H groups in total. The number of unbranched alkanes of at least 4 members (excludes halogenated alkanes) is 1. The van der Waals surface area contributed by atoms with E-state index in [4.69, 9.17) is 0 Å². The molecule has 0 saturated carbocycles. The van der Waals surface area contributed by atoms with E-state index in [2.05, 4.69) is 68.2 Å².